The maximum Gasteiger partial charge on any atom is 0.253 e. The lowest BCUT2D eigenvalue weighted by Gasteiger charge is -2.16. The van der Waals surface area contributed by atoms with Gasteiger partial charge in [-0.3, -0.25) is 9.89 Å². The molecule has 0 radical (unpaired) electrons. The van der Waals surface area contributed by atoms with E-state index in [1.54, 1.807) is 18.6 Å². The zero-order chi connectivity index (χ0) is 17.4. The number of aromatic nitrogens is 4. The number of carbonyl (C=O) groups excluding carboxylic acids is 1. The molecule has 2 aromatic heterocycles. The molecule has 1 aromatic carbocycles. The number of aromatic amines is 1. The smallest absolute Gasteiger partial charge is 0.253 e. The van der Waals surface area contributed by atoms with E-state index in [4.69, 9.17) is 0 Å². The van der Waals surface area contributed by atoms with Crippen molar-refractivity contribution in [2.45, 2.75) is 38.5 Å². The quantitative estimate of drug-likeness (QED) is 0.673. The van der Waals surface area contributed by atoms with E-state index in [1.807, 2.05) is 29.8 Å². The van der Waals surface area contributed by atoms with Gasteiger partial charge in [0.25, 0.3) is 5.91 Å². The second-order valence-electron chi connectivity index (χ2n) is 6.79. The third-order valence-corrected chi connectivity index (χ3v) is 4.99. The molecule has 7 nitrogen and oxygen atoms in total. The van der Waals surface area contributed by atoms with E-state index in [-0.39, 0.29) is 11.9 Å². The molecule has 1 aliphatic carbocycles. The predicted molar refractivity (Wildman–Crippen MR) is 93.0 cm³/mol. The molecule has 0 saturated heterocycles. The summed E-state index contributed by atoms with van der Waals surface area (Å²) in [6, 6.07) is 5.32. The molecular weight excluding hydrogens is 318 g/mol. The minimum atomic E-state index is -0.530. The maximum absolute atomic E-state index is 12.7. The van der Waals surface area contributed by atoms with Gasteiger partial charge in [-0.25, -0.2) is 4.98 Å². The summed E-state index contributed by atoms with van der Waals surface area (Å²) < 4.78 is 2.01. The van der Waals surface area contributed by atoms with E-state index in [0.29, 0.717) is 23.4 Å². The van der Waals surface area contributed by atoms with Crippen LogP contribution in [0.25, 0.3) is 10.9 Å². The molecule has 0 bridgehead atoms. The number of rotatable bonds is 4. The lowest BCUT2D eigenvalue weighted by atomic mass is 10.1. The molecule has 25 heavy (non-hydrogen) atoms. The molecule has 130 valence electrons. The number of amides is 1. The number of fused-ring (bicyclic) bond motifs is 1. The molecule has 1 unspecified atom stereocenters. The van der Waals surface area contributed by atoms with Gasteiger partial charge in [-0.05, 0) is 31.7 Å². The number of H-pyrrole nitrogens is 1. The molecule has 3 atom stereocenters. The van der Waals surface area contributed by atoms with Gasteiger partial charge in [-0.15, -0.1) is 0 Å². The number of aliphatic hydroxyl groups is 1. The highest BCUT2D eigenvalue weighted by molar-refractivity contribution is 6.06. The van der Waals surface area contributed by atoms with Crippen molar-refractivity contribution in [3.05, 3.63) is 48.2 Å². The summed E-state index contributed by atoms with van der Waals surface area (Å²) >= 11 is 0. The molecular formula is C18H21N5O2. The Morgan fingerprint density at radius 1 is 1.44 bits per heavy atom. The number of aryl methyl sites for hydroxylation is 1. The Kier molecular flexibility index (Phi) is 4.01. The van der Waals surface area contributed by atoms with Gasteiger partial charge in [0, 0.05) is 30.0 Å². The Labute approximate surface area is 145 Å². The highest BCUT2D eigenvalue weighted by atomic mass is 16.3. The average molecular weight is 339 g/mol. The van der Waals surface area contributed by atoms with Gasteiger partial charge in [0.05, 0.1) is 24.0 Å². The number of hydrogen-bond donors (Lipinski definition) is 3. The Morgan fingerprint density at radius 2 is 2.32 bits per heavy atom. The summed E-state index contributed by atoms with van der Waals surface area (Å²) in [4.78, 5) is 16.7. The second-order valence-corrected chi connectivity index (χ2v) is 6.79. The number of carbonyl (C=O) groups is 1. The summed E-state index contributed by atoms with van der Waals surface area (Å²) in [6.07, 6.45) is 6.34. The number of hydrogen-bond acceptors (Lipinski definition) is 4. The zero-order valence-corrected chi connectivity index (χ0v) is 14.0. The van der Waals surface area contributed by atoms with E-state index in [2.05, 4.69) is 20.5 Å². The van der Waals surface area contributed by atoms with Crippen LogP contribution in [-0.2, 0) is 6.54 Å². The van der Waals surface area contributed by atoms with Crippen LogP contribution in [0.4, 0.5) is 0 Å². The Hall–Kier alpha value is -2.67. The van der Waals surface area contributed by atoms with Gasteiger partial charge in [0.15, 0.2) is 0 Å². The monoisotopic (exact) mass is 339 g/mol. The number of imidazole rings is 1. The Balaban J connectivity index is 1.47. The van der Waals surface area contributed by atoms with Crippen molar-refractivity contribution in [1.29, 1.82) is 0 Å². The molecule has 7 heteroatoms. The highest BCUT2D eigenvalue weighted by Gasteiger charge is 2.34. The van der Waals surface area contributed by atoms with Crippen LogP contribution in [0.2, 0.25) is 0 Å². The lowest BCUT2D eigenvalue weighted by molar-refractivity contribution is 0.0874. The molecule has 1 amide bonds. The SMILES string of the molecule is Cc1[nH]nc2c(C(=O)N[C@@H]3CC(Cn4ccnc4)C[C@H]3O)cccc12. The molecule has 0 aliphatic heterocycles. The van der Waals surface area contributed by atoms with E-state index < -0.39 is 6.10 Å². The Morgan fingerprint density at radius 3 is 3.12 bits per heavy atom. The summed E-state index contributed by atoms with van der Waals surface area (Å²) in [5.41, 5.74) is 2.14. The molecule has 1 fully saturated rings. The third-order valence-electron chi connectivity index (χ3n) is 4.99. The number of nitrogens with zero attached hydrogens (tertiary/aromatic N) is 3. The molecule has 3 N–H and O–H groups in total. The normalized spacial score (nSPS) is 23.2. The molecule has 4 rings (SSSR count). The van der Waals surface area contributed by atoms with Gasteiger partial charge >= 0.3 is 0 Å². The third kappa shape index (κ3) is 3.02. The van der Waals surface area contributed by atoms with Gasteiger partial charge in [0.2, 0.25) is 0 Å². The molecule has 2 heterocycles. The topological polar surface area (TPSA) is 95.8 Å². The van der Waals surface area contributed by atoms with Crippen molar-refractivity contribution in [1.82, 2.24) is 25.1 Å². The van der Waals surface area contributed by atoms with E-state index in [0.717, 1.165) is 24.0 Å². The van der Waals surface area contributed by atoms with Crippen LogP contribution in [0.1, 0.15) is 28.9 Å². The predicted octanol–water partition coefficient (Wildman–Crippen LogP) is 1.64. The highest BCUT2D eigenvalue weighted by Crippen LogP contribution is 2.28. The maximum atomic E-state index is 12.7. The zero-order valence-electron chi connectivity index (χ0n) is 14.0. The molecule has 0 spiro atoms. The Bertz CT molecular complexity index is 886. The van der Waals surface area contributed by atoms with Crippen molar-refractivity contribution in [3.8, 4) is 0 Å². The fourth-order valence-electron chi connectivity index (χ4n) is 3.71. The summed E-state index contributed by atoms with van der Waals surface area (Å²) in [5.74, 6) is 0.127. The van der Waals surface area contributed by atoms with Crippen LogP contribution in [0.15, 0.2) is 36.9 Å². The molecule has 1 saturated carbocycles. The summed E-state index contributed by atoms with van der Waals surface area (Å²) in [7, 11) is 0. The van der Waals surface area contributed by atoms with Crippen molar-refractivity contribution < 1.29 is 9.90 Å². The first-order valence-corrected chi connectivity index (χ1v) is 8.50. The number of nitrogens with one attached hydrogen (secondary N) is 2. The largest absolute Gasteiger partial charge is 0.391 e. The van der Waals surface area contributed by atoms with Crippen LogP contribution in [0.3, 0.4) is 0 Å². The lowest BCUT2D eigenvalue weighted by Crippen LogP contribution is -2.40. The van der Waals surface area contributed by atoms with Gasteiger partial charge < -0.3 is 15.0 Å². The van der Waals surface area contributed by atoms with E-state index in [1.165, 1.54) is 0 Å². The van der Waals surface area contributed by atoms with E-state index >= 15 is 0 Å². The first-order valence-electron chi connectivity index (χ1n) is 8.50. The standard InChI is InChI=1S/C18H21N5O2/c1-11-13-3-2-4-14(17(13)22-21-11)18(25)20-15-7-12(8-16(15)24)9-23-6-5-19-10-23/h2-6,10,12,15-16,24H,7-9H2,1H3,(H,20,25)(H,21,22)/t12?,15-,16-/m1/s1. The summed E-state index contributed by atoms with van der Waals surface area (Å²) in [5, 5.41) is 21.4. The summed E-state index contributed by atoms with van der Waals surface area (Å²) in [6.45, 7) is 2.73. The van der Waals surface area contributed by atoms with E-state index in [9.17, 15) is 9.90 Å². The fraction of sp³-hybridized carbons (Fsp3) is 0.389. The van der Waals surface area contributed by atoms with Crippen molar-refractivity contribution >= 4 is 16.8 Å². The van der Waals surface area contributed by atoms with Crippen LogP contribution < -0.4 is 5.32 Å². The average Bonchev–Trinajstić information content (AvgIpc) is 3.31. The van der Waals surface area contributed by atoms with Crippen molar-refractivity contribution in [3.63, 3.8) is 0 Å². The number of benzene rings is 1. The van der Waals surface area contributed by atoms with Crippen LogP contribution in [0, 0.1) is 12.8 Å². The first kappa shape index (κ1) is 15.8. The minimum absolute atomic E-state index is 0.190. The van der Waals surface area contributed by atoms with Crippen LogP contribution in [0.5, 0.6) is 0 Å². The van der Waals surface area contributed by atoms with Crippen molar-refractivity contribution in [2.24, 2.45) is 5.92 Å². The van der Waals surface area contributed by atoms with Crippen LogP contribution in [-0.4, -0.2) is 42.9 Å². The minimum Gasteiger partial charge on any atom is -0.391 e. The van der Waals surface area contributed by atoms with Crippen LogP contribution >= 0.6 is 0 Å². The first-order chi connectivity index (χ1) is 12.1. The number of para-hydroxylation sites is 1. The molecule has 1 aliphatic rings. The van der Waals surface area contributed by atoms with Gasteiger partial charge in [-0.2, -0.15) is 5.10 Å². The fourth-order valence-corrected chi connectivity index (χ4v) is 3.71. The second kappa shape index (κ2) is 6.33. The van der Waals surface area contributed by atoms with Gasteiger partial charge in [0.1, 0.15) is 5.52 Å². The molecule has 3 aromatic rings. The van der Waals surface area contributed by atoms with Crippen molar-refractivity contribution in [2.75, 3.05) is 0 Å². The number of aliphatic hydroxyl groups excluding tert-OH is 1. The van der Waals surface area contributed by atoms with Gasteiger partial charge in [-0.1, -0.05) is 12.1 Å².